The molecular formula is C27H30ClNO5S. The highest BCUT2D eigenvalue weighted by atomic mass is 35.5. The molecule has 0 aliphatic carbocycles. The molecule has 35 heavy (non-hydrogen) atoms. The van der Waals surface area contributed by atoms with E-state index in [1.54, 1.807) is 13.2 Å². The molecule has 0 saturated carbocycles. The van der Waals surface area contributed by atoms with Gasteiger partial charge in [0.2, 0.25) is 5.91 Å². The molecule has 6 nitrogen and oxygen atoms in total. The lowest BCUT2D eigenvalue weighted by Crippen LogP contribution is -2.15. The lowest BCUT2D eigenvalue weighted by atomic mass is 10.0. The van der Waals surface area contributed by atoms with Gasteiger partial charge in [0.15, 0.2) is 0 Å². The normalized spacial score (nSPS) is 10.7. The molecule has 3 rings (SSSR count). The Morgan fingerprint density at radius 2 is 1.80 bits per heavy atom. The van der Waals surface area contributed by atoms with Crippen LogP contribution in [0.15, 0.2) is 42.5 Å². The summed E-state index contributed by atoms with van der Waals surface area (Å²) in [5.74, 6) is 0.836. The van der Waals surface area contributed by atoms with Gasteiger partial charge in [0.25, 0.3) is 0 Å². The maximum Gasteiger partial charge on any atom is 0.341 e. The molecule has 0 radical (unpaired) electrons. The van der Waals surface area contributed by atoms with Gasteiger partial charge >= 0.3 is 5.97 Å². The summed E-state index contributed by atoms with van der Waals surface area (Å²) >= 11 is 7.35. The van der Waals surface area contributed by atoms with Gasteiger partial charge in [-0.3, -0.25) is 4.79 Å². The smallest absolute Gasteiger partial charge is 0.341 e. The second-order valence-electron chi connectivity index (χ2n) is 8.01. The van der Waals surface area contributed by atoms with E-state index in [9.17, 15) is 9.59 Å². The molecule has 1 aromatic heterocycles. The Hall–Kier alpha value is -3.03. The average Bonchev–Trinajstić information content (AvgIpc) is 3.16. The van der Waals surface area contributed by atoms with E-state index in [1.807, 2.05) is 57.2 Å². The van der Waals surface area contributed by atoms with Gasteiger partial charge in [-0.05, 0) is 68.1 Å². The molecule has 0 aliphatic rings. The van der Waals surface area contributed by atoms with Crippen LogP contribution in [0.5, 0.6) is 11.5 Å². The first-order valence-corrected chi connectivity index (χ1v) is 12.7. The fourth-order valence-corrected chi connectivity index (χ4v) is 4.89. The maximum absolute atomic E-state index is 13.0. The molecule has 0 aliphatic heterocycles. The topological polar surface area (TPSA) is 73.9 Å². The number of benzene rings is 2. The Labute approximate surface area is 215 Å². The zero-order valence-corrected chi connectivity index (χ0v) is 22.0. The summed E-state index contributed by atoms with van der Waals surface area (Å²) < 4.78 is 16.5. The highest BCUT2D eigenvalue weighted by Crippen LogP contribution is 2.41. The predicted octanol–water partition coefficient (Wildman–Crippen LogP) is 7.06. The number of hydrogen-bond acceptors (Lipinski definition) is 6. The summed E-state index contributed by atoms with van der Waals surface area (Å²) in [6, 6.07) is 12.9. The first-order chi connectivity index (χ1) is 16.8. The second kappa shape index (κ2) is 12.6. The van der Waals surface area contributed by atoms with Crippen LogP contribution in [0.1, 0.15) is 47.0 Å². The van der Waals surface area contributed by atoms with E-state index in [4.69, 9.17) is 25.8 Å². The molecule has 0 bridgehead atoms. The third-order valence-electron chi connectivity index (χ3n) is 5.30. The van der Waals surface area contributed by atoms with Gasteiger partial charge in [0, 0.05) is 21.9 Å². The first-order valence-electron chi connectivity index (χ1n) is 11.5. The quantitative estimate of drug-likeness (QED) is 0.218. The van der Waals surface area contributed by atoms with E-state index in [0.717, 1.165) is 33.1 Å². The maximum atomic E-state index is 13.0. The summed E-state index contributed by atoms with van der Waals surface area (Å²) in [5.41, 5.74) is 2.94. The number of amides is 1. The Morgan fingerprint density at radius 1 is 1.06 bits per heavy atom. The van der Waals surface area contributed by atoms with Crippen LogP contribution in [0, 0.1) is 13.8 Å². The molecule has 186 valence electrons. The molecule has 1 amide bonds. The minimum atomic E-state index is -0.445. The highest BCUT2D eigenvalue weighted by molar-refractivity contribution is 7.17. The van der Waals surface area contributed by atoms with Gasteiger partial charge in [-0.2, -0.15) is 0 Å². The second-order valence-corrected chi connectivity index (χ2v) is 9.67. The van der Waals surface area contributed by atoms with Crippen LogP contribution >= 0.6 is 22.9 Å². The molecule has 0 spiro atoms. The van der Waals surface area contributed by atoms with Crippen molar-refractivity contribution in [3.63, 3.8) is 0 Å². The van der Waals surface area contributed by atoms with Crippen molar-refractivity contribution in [2.45, 2.75) is 40.0 Å². The van der Waals surface area contributed by atoms with Crippen molar-refractivity contribution < 1.29 is 23.8 Å². The minimum absolute atomic E-state index is 0.187. The van der Waals surface area contributed by atoms with Crippen molar-refractivity contribution in [3.8, 4) is 22.6 Å². The molecule has 8 heteroatoms. The number of carbonyl (C=O) groups excluding carboxylic acids is 2. The molecule has 1 heterocycles. The minimum Gasteiger partial charge on any atom is -0.497 e. The molecule has 3 aromatic rings. The number of carbonyl (C=O) groups is 2. The molecule has 0 fully saturated rings. The van der Waals surface area contributed by atoms with Gasteiger partial charge in [-0.15, -0.1) is 11.3 Å². The van der Waals surface area contributed by atoms with E-state index >= 15 is 0 Å². The fourth-order valence-electron chi connectivity index (χ4n) is 3.58. The largest absolute Gasteiger partial charge is 0.497 e. The number of ether oxygens (including phenoxy) is 3. The lowest BCUT2D eigenvalue weighted by Gasteiger charge is -2.11. The number of halogens is 1. The average molecular weight is 516 g/mol. The first kappa shape index (κ1) is 26.6. The Kier molecular flexibility index (Phi) is 9.57. The predicted molar refractivity (Wildman–Crippen MR) is 141 cm³/mol. The van der Waals surface area contributed by atoms with E-state index < -0.39 is 5.97 Å². The summed E-state index contributed by atoms with van der Waals surface area (Å²) in [6.07, 6.45) is 1.49. The van der Waals surface area contributed by atoms with E-state index in [0.29, 0.717) is 41.6 Å². The third kappa shape index (κ3) is 6.99. The van der Waals surface area contributed by atoms with Gasteiger partial charge < -0.3 is 19.5 Å². The number of rotatable bonds is 11. The van der Waals surface area contributed by atoms with E-state index in [-0.39, 0.29) is 12.3 Å². The zero-order valence-electron chi connectivity index (χ0n) is 20.4. The number of esters is 1. The molecule has 0 saturated heterocycles. The van der Waals surface area contributed by atoms with Crippen LogP contribution in [0.25, 0.3) is 11.1 Å². The van der Waals surface area contributed by atoms with Crippen molar-refractivity contribution in [1.29, 1.82) is 0 Å². The van der Waals surface area contributed by atoms with Crippen molar-refractivity contribution in [2.75, 3.05) is 25.6 Å². The van der Waals surface area contributed by atoms with Gasteiger partial charge in [0.1, 0.15) is 22.1 Å². The van der Waals surface area contributed by atoms with E-state index in [1.165, 1.54) is 11.3 Å². The highest BCUT2D eigenvalue weighted by Gasteiger charge is 2.25. The number of nitrogens with one attached hydrogen (secondary N) is 1. The molecular weight excluding hydrogens is 486 g/mol. The molecule has 0 unspecified atom stereocenters. The number of anilines is 1. The van der Waals surface area contributed by atoms with Crippen LogP contribution in [0.4, 0.5) is 5.00 Å². The third-order valence-corrected chi connectivity index (χ3v) is 6.56. The number of methoxy groups -OCH3 is 1. The van der Waals surface area contributed by atoms with Crippen LogP contribution in [0.2, 0.25) is 5.02 Å². The zero-order chi connectivity index (χ0) is 25.4. The van der Waals surface area contributed by atoms with Crippen molar-refractivity contribution in [1.82, 2.24) is 0 Å². The fraction of sp³-hybridized carbons (Fsp3) is 0.333. The number of thiophene rings is 1. The summed E-state index contributed by atoms with van der Waals surface area (Å²) in [7, 11) is 1.60. The van der Waals surface area contributed by atoms with Crippen LogP contribution in [0.3, 0.4) is 0 Å². The summed E-state index contributed by atoms with van der Waals surface area (Å²) in [4.78, 5) is 26.6. The monoisotopic (exact) mass is 515 g/mol. The van der Waals surface area contributed by atoms with E-state index in [2.05, 4.69) is 5.32 Å². The van der Waals surface area contributed by atoms with Gasteiger partial charge in [0.05, 0.1) is 20.3 Å². The number of hydrogen-bond donors (Lipinski definition) is 1. The standard InChI is InChI=1S/C27H30ClNO5S/c1-5-14-34-27(31)25-24(19-8-11-21(32-4)12-9-19)18(3)35-26(25)29-23(30)7-6-15-33-22-13-10-20(28)16-17(22)2/h8-13,16H,5-7,14-15H2,1-4H3,(H,29,30). The van der Waals surface area contributed by atoms with Crippen LogP contribution in [-0.4, -0.2) is 32.2 Å². The summed E-state index contributed by atoms with van der Waals surface area (Å²) in [6.45, 7) is 6.49. The Morgan fingerprint density at radius 3 is 2.46 bits per heavy atom. The van der Waals surface area contributed by atoms with Crippen LogP contribution < -0.4 is 14.8 Å². The Bertz CT molecular complexity index is 1170. The van der Waals surface area contributed by atoms with Gasteiger partial charge in [-0.25, -0.2) is 4.79 Å². The molecule has 2 aromatic carbocycles. The van der Waals surface area contributed by atoms with Crippen LogP contribution in [-0.2, 0) is 9.53 Å². The Balaban J connectivity index is 1.72. The summed E-state index contributed by atoms with van der Waals surface area (Å²) in [5, 5.41) is 4.07. The van der Waals surface area contributed by atoms with Crippen molar-refractivity contribution >= 4 is 39.8 Å². The SMILES string of the molecule is CCCOC(=O)c1c(NC(=O)CCCOc2ccc(Cl)cc2C)sc(C)c1-c1ccc(OC)cc1. The number of aryl methyl sites for hydroxylation is 2. The molecule has 1 N–H and O–H groups in total. The molecule has 0 atom stereocenters. The lowest BCUT2D eigenvalue weighted by molar-refractivity contribution is -0.116. The van der Waals surface area contributed by atoms with Crippen molar-refractivity contribution in [2.24, 2.45) is 0 Å². The van der Waals surface area contributed by atoms with Gasteiger partial charge in [-0.1, -0.05) is 30.7 Å². The van der Waals surface area contributed by atoms with Crippen molar-refractivity contribution in [3.05, 3.63) is 63.5 Å².